The van der Waals surface area contributed by atoms with Crippen molar-refractivity contribution in [3.05, 3.63) is 47.4 Å². The molecule has 1 aromatic carbocycles. The second-order valence-corrected chi connectivity index (χ2v) is 9.48. The van der Waals surface area contributed by atoms with Gasteiger partial charge < -0.3 is 4.57 Å². The molecule has 130 valence electrons. The zero-order valence-corrected chi connectivity index (χ0v) is 16.1. The van der Waals surface area contributed by atoms with Crippen molar-refractivity contribution >= 4 is 21.8 Å². The Morgan fingerprint density at radius 2 is 1.92 bits per heavy atom. The van der Waals surface area contributed by atoms with Crippen LogP contribution in [0.2, 0.25) is 0 Å². The van der Waals surface area contributed by atoms with Crippen molar-refractivity contribution in [1.29, 1.82) is 0 Å². The predicted molar refractivity (Wildman–Crippen MR) is 97.6 cm³/mol. The summed E-state index contributed by atoms with van der Waals surface area (Å²) in [7, 11) is -1.76. The maximum Gasteiger partial charge on any atom is 0.263 e. The smallest absolute Gasteiger partial charge is 0.263 e. The van der Waals surface area contributed by atoms with Gasteiger partial charge in [0.2, 0.25) is 0 Å². The number of imidazole rings is 1. The molecule has 1 aliphatic rings. The SMILES string of the molecule is Cc1ccc(C2SCCN2S(=O)(=O)c2cn(C)c(C(C)C)n2)cc1. The minimum Gasteiger partial charge on any atom is -0.336 e. The van der Waals surface area contributed by atoms with E-state index in [0.717, 1.165) is 17.1 Å². The molecule has 0 aliphatic carbocycles. The molecule has 1 fully saturated rings. The Morgan fingerprint density at radius 1 is 1.25 bits per heavy atom. The fraction of sp³-hybridized carbons (Fsp3) is 0.471. The average molecular weight is 366 g/mol. The van der Waals surface area contributed by atoms with Crippen molar-refractivity contribution in [2.24, 2.45) is 7.05 Å². The lowest BCUT2D eigenvalue weighted by atomic mass is 10.1. The lowest BCUT2D eigenvalue weighted by Crippen LogP contribution is -2.30. The fourth-order valence-electron chi connectivity index (χ4n) is 2.93. The van der Waals surface area contributed by atoms with E-state index in [1.54, 1.807) is 22.3 Å². The highest BCUT2D eigenvalue weighted by Crippen LogP contribution is 2.41. The van der Waals surface area contributed by atoms with Crippen LogP contribution in [0.4, 0.5) is 0 Å². The van der Waals surface area contributed by atoms with Crippen molar-refractivity contribution < 1.29 is 8.42 Å². The number of aromatic nitrogens is 2. The summed E-state index contributed by atoms with van der Waals surface area (Å²) in [6, 6.07) is 8.07. The van der Waals surface area contributed by atoms with Crippen LogP contribution in [0.1, 0.15) is 42.1 Å². The third-order valence-electron chi connectivity index (χ3n) is 4.19. The van der Waals surface area contributed by atoms with Gasteiger partial charge in [-0.2, -0.15) is 4.31 Å². The molecule has 0 bridgehead atoms. The molecule has 1 unspecified atom stereocenters. The van der Waals surface area contributed by atoms with E-state index in [9.17, 15) is 8.42 Å². The molecule has 1 atom stereocenters. The summed E-state index contributed by atoms with van der Waals surface area (Å²) >= 11 is 1.66. The van der Waals surface area contributed by atoms with Crippen LogP contribution in [0.5, 0.6) is 0 Å². The van der Waals surface area contributed by atoms with E-state index in [-0.39, 0.29) is 16.3 Å². The van der Waals surface area contributed by atoms with Gasteiger partial charge in [-0.1, -0.05) is 43.7 Å². The first-order chi connectivity index (χ1) is 11.3. The van der Waals surface area contributed by atoms with E-state index in [2.05, 4.69) is 4.98 Å². The molecular weight excluding hydrogens is 342 g/mol. The first-order valence-corrected chi connectivity index (χ1v) is 10.5. The van der Waals surface area contributed by atoms with E-state index < -0.39 is 10.0 Å². The highest BCUT2D eigenvalue weighted by atomic mass is 32.2. The number of hydrogen-bond acceptors (Lipinski definition) is 4. The number of nitrogens with zero attached hydrogens (tertiary/aromatic N) is 3. The van der Waals surface area contributed by atoms with Crippen LogP contribution in [-0.4, -0.2) is 34.6 Å². The van der Waals surface area contributed by atoms with E-state index >= 15 is 0 Å². The Bertz CT molecular complexity index is 826. The third kappa shape index (κ3) is 3.12. The summed E-state index contributed by atoms with van der Waals surface area (Å²) in [6.07, 6.45) is 1.62. The van der Waals surface area contributed by atoms with Crippen LogP contribution in [0.3, 0.4) is 0 Å². The molecule has 0 saturated carbocycles. The number of sulfonamides is 1. The maximum absolute atomic E-state index is 13.1. The van der Waals surface area contributed by atoms with Crippen molar-refractivity contribution in [3.63, 3.8) is 0 Å². The summed E-state index contributed by atoms with van der Waals surface area (Å²) in [5.74, 6) is 1.76. The van der Waals surface area contributed by atoms with Crippen LogP contribution in [0.25, 0.3) is 0 Å². The normalized spacial score (nSPS) is 19.3. The van der Waals surface area contributed by atoms with Crippen molar-refractivity contribution in [1.82, 2.24) is 13.9 Å². The van der Waals surface area contributed by atoms with Gasteiger partial charge in [-0.25, -0.2) is 13.4 Å². The average Bonchev–Trinajstić information content (AvgIpc) is 3.15. The van der Waals surface area contributed by atoms with Gasteiger partial charge >= 0.3 is 0 Å². The van der Waals surface area contributed by atoms with Gasteiger partial charge in [0, 0.05) is 31.5 Å². The van der Waals surface area contributed by atoms with Gasteiger partial charge in [0.15, 0.2) is 5.03 Å². The zero-order chi connectivity index (χ0) is 17.5. The molecule has 0 amide bonds. The highest BCUT2D eigenvalue weighted by Gasteiger charge is 2.38. The van der Waals surface area contributed by atoms with E-state index in [1.807, 2.05) is 56.7 Å². The van der Waals surface area contributed by atoms with Gasteiger partial charge in [-0.3, -0.25) is 0 Å². The van der Waals surface area contributed by atoms with E-state index in [1.165, 1.54) is 5.56 Å². The van der Waals surface area contributed by atoms with Crippen LogP contribution in [-0.2, 0) is 17.1 Å². The molecular formula is C17H23N3O2S2. The Hall–Kier alpha value is -1.31. The highest BCUT2D eigenvalue weighted by molar-refractivity contribution is 8.00. The van der Waals surface area contributed by atoms with Crippen molar-refractivity contribution in [2.45, 2.75) is 37.1 Å². The van der Waals surface area contributed by atoms with Gasteiger partial charge in [0.05, 0.1) is 5.37 Å². The summed E-state index contributed by atoms with van der Waals surface area (Å²) in [5.41, 5.74) is 2.19. The Kier molecular flexibility index (Phi) is 4.77. The predicted octanol–water partition coefficient (Wildman–Crippen LogP) is 3.29. The second kappa shape index (κ2) is 6.54. The van der Waals surface area contributed by atoms with Crippen molar-refractivity contribution in [2.75, 3.05) is 12.3 Å². The number of hydrogen-bond donors (Lipinski definition) is 0. The lowest BCUT2D eigenvalue weighted by molar-refractivity contribution is 0.432. The summed E-state index contributed by atoms with van der Waals surface area (Å²) in [5, 5.41) is -0.0339. The molecule has 1 aliphatic heterocycles. The molecule has 2 heterocycles. The molecule has 1 aromatic heterocycles. The minimum absolute atomic E-state index is 0.147. The third-order valence-corrected chi connectivity index (χ3v) is 7.32. The quantitative estimate of drug-likeness (QED) is 0.834. The van der Waals surface area contributed by atoms with Gasteiger partial charge in [0.1, 0.15) is 5.82 Å². The molecule has 7 heteroatoms. The fourth-order valence-corrected chi connectivity index (χ4v) is 6.16. The second-order valence-electron chi connectivity index (χ2n) is 6.45. The molecule has 2 aromatic rings. The molecule has 3 rings (SSSR count). The van der Waals surface area contributed by atoms with Crippen LogP contribution >= 0.6 is 11.8 Å². The number of thioether (sulfide) groups is 1. The van der Waals surface area contributed by atoms with Crippen LogP contribution in [0.15, 0.2) is 35.5 Å². The minimum atomic E-state index is -3.60. The first-order valence-electron chi connectivity index (χ1n) is 8.04. The monoisotopic (exact) mass is 365 g/mol. The van der Waals surface area contributed by atoms with E-state index in [0.29, 0.717) is 6.54 Å². The summed E-state index contributed by atoms with van der Waals surface area (Å²) in [6.45, 7) is 6.57. The standard InChI is InChI=1S/C17H23N3O2S2/c1-12(2)16-18-15(11-19(16)4)24(21,22)20-9-10-23-17(20)14-7-5-13(3)6-8-14/h5-8,11-12,17H,9-10H2,1-4H3. The Balaban J connectivity index is 1.96. The number of aryl methyl sites for hydroxylation is 2. The number of rotatable bonds is 4. The summed E-state index contributed by atoms with van der Waals surface area (Å²) in [4.78, 5) is 4.39. The molecule has 0 N–H and O–H groups in total. The van der Waals surface area contributed by atoms with Gasteiger partial charge in [0.25, 0.3) is 10.0 Å². The Labute approximate surface area is 148 Å². The first kappa shape index (κ1) is 17.5. The van der Waals surface area contributed by atoms with Crippen molar-refractivity contribution in [3.8, 4) is 0 Å². The number of benzene rings is 1. The topological polar surface area (TPSA) is 55.2 Å². The maximum atomic E-state index is 13.1. The molecule has 1 saturated heterocycles. The van der Waals surface area contributed by atoms with Gasteiger partial charge in [-0.15, -0.1) is 11.8 Å². The summed E-state index contributed by atoms with van der Waals surface area (Å²) < 4.78 is 29.6. The zero-order valence-electron chi connectivity index (χ0n) is 14.4. The largest absolute Gasteiger partial charge is 0.336 e. The molecule has 0 spiro atoms. The van der Waals surface area contributed by atoms with Crippen LogP contribution in [0, 0.1) is 6.92 Å². The molecule has 5 nitrogen and oxygen atoms in total. The van der Waals surface area contributed by atoms with Crippen LogP contribution < -0.4 is 0 Å². The Morgan fingerprint density at radius 3 is 2.50 bits per heavy atom. The lowest BCUT2D eigenvalue weighted by Gasteiger charge is -2.22. The van der Waals surface area contributed by atoms with Gasteiger partial charge in [-0.05, 0) is 12.5 Å². The molecule has 24 heavy (non-hydrogen) atoms. The molecule has 0 radical (unpaired) electrons. The van der Waals surface area contributed by atoms with E-state index in [4.69, 9.17) is 0 Å².